The quantitative estimate of drug-likeness (QED) is 0.222. The number of halogens is 1. The molecule has 0 radical (unpaired) electrons. The summed E-state index contributed by atoms with van der Waals surface area (Å²) in [5.74, 6) is -1.11. The molecule has 1 aromatic carbocycles. The van der Waals surface area contributed by atoms with Crippen LogP contribution in [0.3, 0.4) is 0 Å². The Hall–Kier alpha value is -4.34. The van der Waals surface area contributed by atoms with Gasteiger partial charge in [0.05, 0.1) is 24.9 Å². The van der Waals surface area contributed by atoms with Crippen molar-refractivity contribution in [1.29, 1.82) is 0 Å². The summed E-state index contributed by atoms with van der Waals surface area (Å²) >= 11 is 0. The van der Waals surface area contributed by atoms with Crippen molar-refractivity contribution in [2.24, 2.45) is 7.05 Å². The average molecular weight is 518 g/mol. The van der Waals surface area contributed by atoms with Gasteiger partial charge in [0.15, 0.2) is 18.9 Å². The number of ether oxygens (including phenoxy) is 1. The summed E-state index contributed by atoms with van der Waals surface area (Å²) in [4.78, 5) is 31.6. The van der Waals surface area contributed by atoms with Crippen LogP contribution in [0.5, 0.6) is 0 Å². The number of carbonyl (C=O) groups is 2. The number of fused-ring (bicyclic) bond motifs is 2. The summed E-state index contributed by atoms with van der Waals surface area (Å²) in [6.45, 7) is 7.28. The molecule has 0 saturated heterocycles. The Morgan fingerprint density at radius 3 is 2.74 bits per heavy atom. The van der Waals surface area contributed by atoms with Crippen LogP contribution in [0.2, 0.25) is 0 Å². The number of hydrogen-bond donors (Lipinski definition) is 0. The summed E-state index contributed by atoms with van der Waals surface area (Å²) in [7, 11) is 1.99. The van der Waals surface area contributed by atoms with Crippen LogP contribution in [0, 0.1) is 5.82 Å². The van der Waals surface area contributed by atoms with E-state index in [0.29, 0.717) is 47.7 Å². The fourth-order valence-corrected chi connectivity index (χ4v) is 4.88. The molecular formula is C28H30FN6O3+. The van der Waals surface area contributed by atoms with E-state index in [1.54, 1.807) is 35.7 Å². The summed E-state index contributed by atoms with van der Waals surface area (Å²) in [6, 6.07) is 10.1. The molecule has 38 heavy (non-hydrogen) atoms. The third-order valence-corrected chi connectivity index (χ3v) is 6.90. The van der Waals surface area contributed by atoms with Crippen LogP contribution in [0.1, 0.15) is 54.3 Å². The van der Waals surface area contributed by atoms with Gasteiger partial charge in [-0.2, -0.15) is 9.78 Å². The first-order chi connectivity index (χ1) is 18.3. The summed E-state index contributed by atoms with van der Waals surface area (Å²) in [6.07, 6.45) is 5.38. The minimum atomic E-state index is -0.484. The van der Waals surface area contributed by atoms with Gasteiger partial charge in [-0.15, -0.1) is 4.68 Å². The molecule has 0 spiro atoms. The van der Waals surface area contributed by atoms with Gasteiger partial charge >= 0.3 is 5.97 Å². The first-order valence-electron chi connectivity index (χ1n) is 12.7. The van der Waals surface area contributed by atoms with E-state index in [1.165, 1.54) is 18.2 Å². The van der Waals surface area contributed by atoms with Crippen molar-refractivity contribution < 1.29 is 23.4 Å². The largest absolute Gasteiger partial charge is 0.463 e. The minimum absolute atomic E-state index is 0.0912. The van der Waals surface area contributed by atoms with Gasteiger partial charge in [0.25, 0.3) is 5.91 Å². The van der Waals surface area contributed by atoms with E-state index >= 15 is 4.39 Å². The first kappa shape index (κ1) is 25.3. The van der Waals surface area contributed by atoms with E-state index < -0.39 is 11.8 Å². The molecule has 0 aliphatic carbocycles. The van der Waals surface area contributed by atoms with Crippen LogP contribution in [0.15, 0.2) is 48.7 Å². The van der Waals surface area contributed by atoms with Crippen LogP contribution in [-0.4, -0.2) is 49.2 Å². The van der Waals surface area contributed by atoms with Gasteiger partial charge in [-0.3, -0.25) is 4.79 Å². The van der Waals surface area contributed by atoms with Crippen molar-refractivity contribution in [1.82, 2.24) is 24.2 Å². The molecule has 1 aliphatic heterocycles. The van der Waals surface area contributed by atoms with Gasteiger partial charge < -0.3 is 9.64 Å². The maximum Gasteiger partial charge on any atom is 0.330 e. The third kappa shape index (κ3) is 4.57. The van der Waals surface area contributed by atoms with Crippen molar-refractivity contribution in [3.63, 3.8) is 0 Å². The van der Waals surface area contributed by atoms with Crippen LogP contribution in [0.4, 0.5) is 4.39 Å². The average Bonchev–Trinajstić information content (AvgIpc) is 3.51. The van der Waals surface area contributed by atoms with Gasteiger partial charge in [-0.05, 0) is 50.1 Å². The number of aryl methyl sites for hydroxylation is 2. The molecular weight excluding hydrogens is 487 g/mol. The van der Waals surface area contributed by atoms with E-state index in [0.717, 1.165) is 11.4 Å². The van der Waals surface area contributed by atoms with E-state index in [9.17, 15) is 9.59 Å². The summed E-state index contributed by atoms with van der Waals surface area (Å²) < 4.78 is 25.8. The van der Waals surface area contributed by atoms with E-state index in [1.807, 2.05) is 42.7 Å². The molecule has 3 aromatic heterocycles. The SMILES string of the molecule is CCOC(=O)/C=C/c1ccc(-c2cc3nc(C(=O)N4CCn5c(cc[n+]5C)C4C)cc(CC)n3n2)c(F)c1. The fourth-order valence-electron chi connectivity index (χ4n) is 4.88. The number of amides is 1. The highest BCUT2D eigenvalue weighted by atomic mass is 19.1. The van der Waals surface area contributed by atoms with Gasteiger partial charge in [0, 0.05) is 36.0 Å². The number of esters is 1. The second kappa shape index (κ2) is 10.2. The van der Waals surface area contributed by atoms with Crippen LogP contribution >= 0.6 is 0 Å². The Balaban J connectivity index is 1.45. The maximum atomic E-state index is 15.1. The number of rotatable bonds is 6. The van der Waals surface area contributed by atoms with Gasteiger partial charge in [0.1, 0.15) is 17.2 Å². The number of hydrogen-bond acceptors (Lipinski definition) is 5. The predicted octanol–water partition coefficient (Wildman–Crippen LogP) is 3.52. The monoisotopic (exact) mass is 517 g/mol. The fraction of sp³-hybridized carbons (Fsp3) is 0.321. The van der Waals surface area contributed by atoms with Gasteiger partial charge in [0.2, 0.25) is 0 Å². The molecule has 0 bridgehead atoms. The molecule has 0 N–H and O–H groups in total. The third-order valence-electron chi connectivity index (χ3n) is 6.90. The predicted molar refractivity (Wildman–Crippen MR) is 138 cm³/mol. The highest BCUT2D eigenvalue weighted by Crippen LogP contribution is 2.27. The van der Waals surface area contributed by atoms with Crippen molar-refractivity contribution in [2.45, 2.75) is 39.8 Å². The Labute approximate surface area is 219 Å². The van der Waals surface area contributed by atoms with Crippen LogP contribution in [-0.2, 0) is 29.5 Å². The Morgan fingerprint density at radius 2 is 2.00 bits per heavy atom. The highest BCUT2D eigenvalue weighted by Gasteiger charge is 2.33. The van der Waals surface area contributed by atoms with Crippen molar-refractivity contribution in [3.05, 3.63) is 77.1 Å². The van der Waals surface area contributed by atoms with Crippen molar-refractivity contribution in [2.75, 3.05) is 13.2 Å². The molecule has 10 heteroatoms. The Bertz CT molecular complexity index is 1570. The molecule has 5 rings (SSSR count). The zero-order valence-electron chi connectivity index (χ0n) is 21.9. The molecule has 1 amide bonds. The molecule has 4 aromatic rings. The van der Waals surface area contributed by atoms with Crippen LogP contribution in [0.25, 0.3) is 23.0 Å². The number of benzene rings is 1. The Kier molecular flexibility index (Phi) is 6.79. The highest BCUT2D eigenvalue weighted by molar-refractivity contribution is 5.93. The molecule has 9 nitrogen and oxygen atoms in total. The maximum absolute atomic E-state index is 15.1. The second-order valence-corrected chi connectivity index (χ2v) is 9.22. The number of carbonyl (C=O) groups excluding carboxylic acids is 2. The topological polar surface area (TPSA) is 85.6 Å². The number of nitrogens with zero attached hydrogens (tertiary/aromatic N) is 6. The van der Waals surface area contributed by atoms with E-state index in [2.05, 4.69) is 14.8 Å². The summed E-state index contributed by atoms with van der Waals surface area (Å²) in [5.41, 5.74) is 3.94. The second-order valence-electron chi connectivity index (χ2n) is 9.22. The van der Waals surface area contributed by atoms with Gasteiger partial charge in [-0.25, -0.2) is 18.7 Å². The molecule has 1 unspecified atom stereocenters. The molecule has 0 fully saturated rings. The lowest BCUT2D eigenvalue weighted by atomic mass is 10.1. The van der Waals surface area contributed by atoms with Crippen molar-refractivity contribution in [3.8, 4) is 11.3 Å². The van der Waals surface area contributed by atoms with Crippen molar-refractivity contribution >= 4 is 23.6 Å². The zero-order chi connectivity index (χ0) is 27.0. The molecule has 1 atom stereocenters. The summed E-state index contributed by atoms with van der Waals surface area (Å²) in [5, 5.41) is 4.59. The van der Waals surface area contributed by atoms with Crippen LogP contribution < -0.4 is 4.68 Å². The number of aromatic nitrogens is 5. The lowest BCUT2D eigenvalue weighted by Gasteiger charge is -2.32. The standard InChI is InChI=1S/C28H30FN6O3/c1-5-20-16-24(28(37)33-13-14-34-25(18(33)3)11-12-32(34)4)30-26-17-23(31-35(20)26)21-9-7-19(15-22(21)29)8-10-27(36)38-6-2/h7-12,15-18H,5-6,13-14H2,1-4H3/q+1/b10-8+. The smallest absolute Gasteiger partial charge is 0.330 e. The molecule has 4 heterocycles. The van der Waals surface area contributed by atoms with Gasteiger partial charge in [-0.1, -0.05) is 13.0 Å². The minimum Gasteiger partial charge on any atom is -0.463 e. The molecule has 196 valence electrons. The zero-order valence-corrected chi connectivity index (χ0v) is 21.9. The molecule has 0 saturated carbocycles. The lowest BCUT2D eigenvalue weighted by molar-refractivity contribution is -0.754. The first-order valence-corrected chi connectivity index (χ1v) is 12.7. The Morgan fingerprint density at radius 1 is 1.18 bits per heavy atom. The van der Waals surface area contributed by atoms with E-state index in [-0.39, 0.29) is 18.6 Å². The molecule has 1 aliphatic rings. The normalized spacial score (nSPS) is 15.3. The van der Waals surface area contributed by atoms with E-state index in [4.69, 9.17) is 4.74 Å². The lowest BCUT2D eigenvalue weighted by Crippen LogP contribution is -2.48.